The number of piperazine rings is 1. The maximum absolute atomic E-state index is 12.0. The lowest BCUT2D eigenvalue weighted by atomic mass is 10.1. The SMILES string of the molecule is CNS(=O)(=O)Cc1ccc2[nH]cc(CCCN3CCN(c4nc[n+](CCCc5c[nH]c6ccc(CS(=O)(=O)NC)cc56)cc4OC)CC3)c2c1. The van der Waals surface area contributed by atoms with E-state index in [2.05, 4.69) is 33.8 Å². The number of aryl methyl sites for hydroxylation is 3. The Morgan fingerprint density at radius 3 is 1.92 bits per heavy atom. The highest BCUT2D eigenvalue weighted by Crippen LogP contribution is 2.26. The van der Waals surface area contributed by atoms with E-state index >= 15 is 0 Å². The predicted molar refractivity (Wildman–Crippen MR) is 196 cm³/mol. The van der Waals surface area contributed by atoms with Gasteiger partial charge in [-0.1, -0.05) is 12.1 Å². The van der Waals surface area contributed by atoms with Gasteiger partial charge < -0.3 is 19.6 Å². The Morgan fingerprint density at radius 2 is 1.38 bits per heavy atom. The van der Waals surface area contributed by atoms with Crippen LogP contribution < -0.4 is 23.6 Å². The summed E-state index contributed by atoms with van der Waals surface area (Å²) in [7, 11) is -2.10. The Kier molecular flexibility index (Phi) is 11.1. The second kappa shape index (κ2) is 15.5. The number of H-pyrrole nitrogens is 2. The van der Waals surface area contributed by atoms with E-state index in [1.54, 1.807) is 7.11 Å². The Labute approximate surface area is 294 Å². The Hall–Kier alpha value is -4.02. The van der Waals surface area contributed by atoms with E-state index in [9.17, 15) is 16.8 Å². The van der Waals surface area contributed by atoms with Crippen molar-refractivity contribution in [2.45, 2.75) is 43.7 Å². The molecule has 1 fully saturated rings. The minimum atomic E-state index is -3.34. The minimum Gasteiger partial charge on any atom is -0.488 e. The van der Waals surface area contributed by atoms with Gasteiger partial charge in [-0.25, -0.2) is 30.8 Å². The summed E-state index contributed by atoms with van der Waals surface area (Å²) in [6.45, 7) is 5.36. The number of aromatic amines is 2. The van der Waals surface area contributed by atoms with Gasteiger partial charge in [-0.05, 0) is 97.8 Å². The second-order valence-electron chi connectivity index (χ2n) is 12.9. The molecule has 2 aromatic carbocycles. The average molecular weight is 724 g/mol. The quantitative estimate of drug-likeness (QED) is 0.113. The largest absolute Gasteiger partial charge is 0.488 e. The molecule has 1 aliphatic heterocycles. The number of nitrogens with zero attached hydrogens (tertiary/aromatic N) is 4. The molecule has 1 saturated heterocycles. The van der Waals surface area contributed by atoms with Crippen LogP contribution in [0.2, 0.25) is 0 Å². The Morgan fingerprint density at radius 1 is 0.820 bits per heavy atom. The predicted octanol–water partition coefficient (Wildman–Crippen LogP) is 2.83. The first-order valence-corrected chi connectivity index (χ1v) is 20.3. The molecule has 3 aromatic heterocycles. The first-order valence-electron chi connectivity index (χ1n) is 17.0. The third-order valence-corrected chi connectivity index (χ3v) is 12.2. The fourth-order valence-electron chi connectivity index (χ4n) is 6.69. The number of ether oxygens (including phenoxy) is 1. The normalized spacial score (nSPS) is 14.6. The molecule has 4 N–H and O–H groups in total. The number of benzene rings is 2. The van der Waals surface area contributed by atoms with E-state index < -0.39 is 20.0 Å². The lowest BCUT2D eigenvalue weighted by Crippen LogP contribution is -2.47. The molecule has 5 aromatic rings. The molecule has 0 radical (unpaired) electrons. The fourth-order valence-corrected chi connectivity index (χ4v) is 8.22. The van der Waals surface area contributed by atoms with Gasteiger partial charge in [0, 0.05) is 60.4 Å². The lowest BCUT2D eigenvalue weighted by Gasteiger charge is -2.34. The molecule has 268 valence electrons. The molecule has 0 aliphatic carbocycles. The van der Waals surface area contributed by atoms with Crippen LogP contribution in [0.4, 0.5) is 5.82 Å². The molecule has 0 spiro atoms. The molecule has 6 rings (SSSR count). The van der Waals surface area contributed by atoms with Gasteiger partial charge in [0.2, 0.25) is 25.8 Å². The molecule has 50 heavy (non-hydrogen) atoms. The Bertz CT molecular complexity index is 2160. The van der Waals surface area contributed by atoms with Gasteiger partial charge in [-0.3, -0.25) is 4.90 Å². The molecule has 13 nitrogen and oxygen atoms in total. The van der Waals surface area contributed by atoms with Gasteiger partial charge in [0.05, 0.1) is 25.2 Å². The average Bonchev–Trinajstić information content (AvgIpc) is 3.71. The number of nitrogens with one attached hydrogen (secondary N) is 4. The number of rotatable bonds is 16. The topological polar surface area (TPSA) is 156 Å². The van der Waals surface area contributed by atoms with Crippen molar-refractivity contribution >= 4 is 47.7 Å². The van der Waals surface area contributed by atoms with E-state index in [0.29, 0.717) is 0 Å². The number of hydrogen-bond acceptors (Lipinski definition) is 8. The summed E-state index contributed by atoms with van der Waals surface area (Å²) in [6, 6.07) is 11.6. The van der Waals surface area contributed by atoms with Crippen molar-refractivity contribution < 1.29 is 26.1 Å². The van der Waals surface area contributed by atoms with E-state index in [1.807, 2.05) is 61.3 Å². The molecule has 0 atom stereocenters. The Balaban J connectivity index is 0.988. The monoisotopic (exact) mass is 723 g/mol. The number of sulfonamides is 2. The van der Waals surface area contributed by atoms with Crippen molar-refractivity contribution in [2.75, 3.05) is 58.8 Å². The molecule has 15 heteroatoms. The maximum atomic E-state index is 12.0. The molecule has 4 heterocycles. The van der Waals surface area contributed by atoms with Crippen LogP contribution in [0.1, 0.15) is 35.1 Å². The molecule has 0 saturated carbocycles. The molecule has 1 aliphatic rings. The first-order chi connectivity index (χ1) is 24.1. The summed E-state index contributed by atoms with van der Waals surface area (Å²) >= 11 is 0. The zero-order chi connectivity index (χ0) is 35.3. The zero-order valence-corrected chi connectivity index (χ0v) is 30.5. The van der Waals surface area contributed by atoms with E-state index in [1.165, 1.54) is 19.7 Å². The molecular formula is C35H47N8O5S2+. The van der Waals surface area contributed by atoms with Crippen LogP contribution >= 0.6 is 0 Å². The van der Waals surface area contributed by atoms with E-state index in [4.69, 9.17) is 9.72 Å². The van der Waals surface area contributed by atoms with Crippen LogP contribution in [0.15, 0.2) is 61.3 Å². The van der Waals surface area contributed by atoms with Crippen LogP contribution in [0.3, 0.4) is 0 Å². The minimum absolute atomic E-state index is 0.0296. The summed E-state index contributed by atoms with van der Waals surface area (Å²) in [5, 5.41) is 2.14. The lowest BCUT2D eigenvalue weighted by molar-refractivity contribution is -0.700. The maximum Gasteiger partial charge on any atom is 0.289 e. The van der Waals surface area contributed by atoms with Crippen molar-refractivity contribution in [1.29, 1.82) is 0 Å². The summed E-state index contributed by atoms with van der Waals surface area (Å²) in [4.78, 5) is 16.2. The molecule has 0 amide bonds. The standard InChI is InChI=1S/C35H47N8O5S2/c1-36-49(44,45)23-26-8-10-32-30(18-26)28(20-38-32)6-4-12-41-14-16-43(17-15-41)35-34(48-3)22-42(25-40-35)13-5-7-29-21-39-33-11-9-27(19-31(29)33)24-50(46,47)37-2/h8-11,18-22,25,36-39H,4-7,12-17,23-24H2,1-3H3/q+1. The highest BCUT2D eigenvalue weighted by Gasteiger charge is 2.25. The van der Waals surface area contributed by atoms with Gasteiger partial charge in [0.1, 0.15) is 6.20 Å². The number of anilines is 1. The third kappa shape index (κ3) is 8.64. The summed E-state index contributed by atoms with van der Waals surface area (Å²) < 4.78 is 60.8. The number of hydrogen-bond donors (Lipinski definition) is 4. The number of fused-ring (bicyclic) bond motifs is 2. The first kappa shape index (κ1) is 35.8. The smallest absolute Gasteiger partial charge is 0.289 e. The van der Waals surface area contributed by atoms with Crippen LogP contribution in [0.5, 0.6) is 5.75 Å². The summed E-state index contributed by atoms with van der Waals surface area (Å²) in [5.74, 6) is 1.54. The van der Waals surface area contributed by atoms with Gasteiger partial charge >= 0.3 is 0 Å². The molecule has 0 unspecified atom stereocenters. The van der Waals surface area contributed by atoms with Gasteiger partial charge in [0.15, 0.2) is 0 Å². The third-order valence-electron chi connectivity index (χ3n) is 9.51. The van der Waals surface area contributed by atoms with Crippen LogP contribution in [0, 0.1) is 0 Å². The van der Waals surface area contributed by atoms with Crippen LogP contribution in [0.25, 0.3) is 21.8 Å². The van der Waals surface area contributed by atoms with Crippen molar-refractivity contribution in [3.63, 3.8) is 0 Å². The van der Waals surface area contributed by atoms with Crippen LogP contribution in [-0.4, -0.2) is 90.6 Å². The van der Waals surface area contributed by atoms with Gasteiger partial charge in [0.25, 0.3) is 12.1 Å². The van der Waals surface area contributed by atoms with Crippen molar-refractivity contribution in [3.05, 3.63) is 83.6 Å². The fraction of sp³-hybridized carbons (Fsp3) is 0.429. The van der Waals surface area contributed by atoms with Gasteiger partial charge in [-0.15, -0.1) is 0 Å². The summed E-state index contributed by atoms with van der Waals surface area (Å²) in [6.07, 6.45) is 11.6. The highest BCUT2D eigenvalue weighted by molar-refractivity contribution is 7.88. The molecule has 0 bridgehead atoms. The highest BCUT2D eigenvalue weighted by atomic mass is 32.2. The van der Waals surface area contributed by atoms with E-state index in [0.717, 1.165) is 115 Å². The summed E-state index contributed by atoms with van der Waals surface area (Å²) in [5.41, 5.74) is 5.93. The van der Waals surface area contributed by atoms with Crippen molar-refractivity contribution in [3.8, 4) is 5.75 Å². The second-order valence-corrected chi connectivity index (χ2v) is 16.7. The van der Waals surface area contributed by atoms with E-state index in [-0.39, 0.29) is 11.5 Å². The zero-order valence-electron chi connectivity index (χ0n) is 28.9. The molecular weight excluding hydrogens is 677 g/mol. The van der Waals surface area contributed by atoms with Crippen molar-refractivity contribution in [2.24, 2.45) is 0 Å². The van der Waals surface area contributed by atoms with Crippen LogP contribution in [-0.2, 0) is 50.9 Å². The number of aromatic nitrogens is 4. The van der Waals surface area contributed by atoms with Crippen molar-refractivity contribution in [1.82, 2.24) is 29.3 Å². The number of methoxy groups -OCH3 is 1. The van der Waals surface area contributed by atoms with Gasteiger partial charge in [-0.2, -0.15) is 0 Å².